The summed E-state index contributed by atoms with van der Waals surface area (Å²) in [5.41, 5.74) is 6.17. The summed E-state index contributed by atoms with van der Waals surface area (Å²) in [6.07, 6.45) is 0.956. The molecule has 0 atom stereocenters. The molecule has 0 unspecified atom stereocenters. The van der Waals surface area contributed by atoms with Crippen LogP contribution in [0, 0.1) is 6.92 Å². The van der Waals surface area contributed by atoms with Crippen LogP contribution in [0.1, 0.15) is 41.3 Å². The van der Waals surface area contributed by atoms with Crippen molar-refractivity contribution in [1.29, 1.82) is 0 Å². The largest absolute Gasteiger partial charge is 0.354 e. The molecule has 2 nitrogen and oxygen atoms in total. The van der Waals surface area contributed by atoms with Gasteiger partial charge < -0.3 is 4.98 Å². The predicted octanol–water partition coefficient (Wildman–Crippen LogP) is 5.08. The second-order valence-electron chi connectivity index (χ2n) is 5.86. The van der Waals surface area contributed by atoms with Gasteiger partial charge in [-0.2, -0.15) is 0 Å². The zero-order valence-electron chi connectivity index (χ0n) is 12.6. The van der Waals surface area contributed by atoms with Crippen LogP contribution in [-0.4, -0.2) is 11.3 Å². The van der Waals surface area contributed by atoms with E-state index in [1.54, 1.807) is 0 Å². The molecule has 1 N–H and O–H groups in total. The minimum Gasteiger partial charge on any atom is -0.354 e. The number of aldehydes is 1. The van der Waals surface area contributed by atoms with E-state index >= 15 is 0 Å². The molecular weight excluding hydrogens is 258 g/mol. The van der Waals surface area contributed by atoms with Crippen LogP contribution < -0.4 is 0 Å². The van der Waals surface area contributed by atoms with E-state index in [-0.39, 0.29) is 0 Å². The molecule has 1 heterocycles. The van der Waals surface area contributed by atoms with Crippen LogP contribution in [-0.2, 0) is 0 Å². The molecule has 3 aromatic rings. The van der Waals surface area contributed by atoms with E-state index in [2.05, 4.69) is 68.2 Å². The van der Waals surface area contributed by atoms with Crippen molar-refractivity contribution in [1.82, 2.24) is 4.98 Å². The molecule has 2 aromatic carbocycles. The summed E-state index contributed by atoms with van der Waals surface area (Å²) in [4.78, 5) is 15.0. The van der Waals surface area contributed by atoms with Crippen molar-refractivity contribution < 1.29 is 4.79 Å². The van der Waals surface area contributed by atoms with Crippen LogP contribution in [0.25, 0.3) is 22.2 Å². The summed E-state index contributed by atoms with van der Waals surface area (Å²) in [5.74, 6) is 0.451. The highest BCUT2D eigenvalue weighted by atomic mass is 16.1. The third-order valence-electron chi connectivity index (χ3n) is 3.99. The van der Waals surface area contributed by atoms with Gasteiger partial charge in [-0.05, 0) is 36.1 Å². The Bertz CT molecular complexity index is 794. The summed E-state index contributed by atoms with van der Waals surface area (Å²) in [6.45, 7) is 6.38. The Morgan fingerprint density at radius 3 is 2.38 bits per heavy atom. The van der Waals surface area contributed by atoms with Gasteiger partial charge in [-0.1, -0.05) is 49.7 Å². The Balaban J connectivity index is 2.23. The van der Waals surface area contributed by atoms with Gasteiger partial charge in [0.2, 0.25) is 0 Å². The van der Waals surface area contributed by atoms with E-state index in [0.717, 1.165) is 34.0 Å². The maximum atomic E-state index is 11.6. The Labute approximate surface area is 124 Å². The number of fused-ring (bicyclic) bond motifs is 1. The molecule has 0 saturated carbocycles. The number of hydrogen-bond donors (Lipinski definition) is 1. The molecule has 0 saturated heterocycles. The predicted molar refractivity (Wildman–Crippen MR) is 87.9 cm³/mol. The van der Waals surface area contributed by atoms with Gasteiger partial charge in [0.1, 0.15) is 0 Å². The number of hydrogen-bond acceptors (Lipinski definition) is 1. The summed E-state index contributed by atoms with van der Waals surface area (Å²) in [5, 5.41) is 1.01. The lowest BCUT2D eigenvalue weighted by Gasteiger charge is -2.04. The van der Waals surface area contributed by atoms with Gasteiger partial charge >= 0.3 is 0 Å². The van der Waals surface area contributed by atoms with Gasteiger partial charge in [-0.25, -0.2) is 0 Å². The van der Waals surface area contributed by atoms with Crippen LogP contribution in [0.3, 0.4) is 0 Å². The fourth-order valence-corrected chi connectivity index (χ4v) is 2.66. The SMILES string of the molecule is Cc1ccc(-c2[nH]c3ccc(C(C)C)cc3c2C=O)cc1. The normalized spacial score (nSPS) is 11.2. The van der Waals surface area contributed by atoms with Gasteiger partial charge in [0.25, 0.3) is 0 Å². The first-order valence-electron chi connectivity index (χ1n) is 7.28. The molecule has 0 aliphatic heterocycles. The standard InChI is InChI=1S/C19H19NO/c1-12(2)15-8-9-18-16(10-15)17(11-21)19(20-18)14-6-4-13(3)5-7-14/h4-12,20H,1-3H3. The van der Waals surface area contributed by atoms with Crippen molar-refractivity contribution in [2.75, 3.05) is 0 Å². The van der Waals surface area contributed by atoms with Crippen molar-refractivity contribution in [3.63, 3.8) is 0 Å². The molecule has 3 rings (SSSR count). The number of aryl methyl sites for hydroxylation is 1. The zero-order valence-corrected chi connectivity index (χ0v) is 12.6. The molecule has 0 radical (unpaired) electrons. The minimum absolute atomic E-state index is 0.451. The quantitative estimate of drug-likeness (QED) is 0.665. The molecule has 0 amide bonds. The molecule has 1 aromatic heterocycles. The van der Waals surface area contributed by atoms with Crippen molar-refractivity contribution in [2.45, 2.75) is 26.7 Å². The summed E-state index contributed by atoms with van der Waals surface area (Å²) in [6, 6.07) is 14.5. The number of carbonyl (C=O) groups excluding carboxylic acids is 1. The first-order chi connectivity index (χ1) is 10.1. The molecule has 0 spiro atoms. The molecule has 0 aliphatic rings. The highest BCUT2D eigenvalue weighted by molar-refractivity contribution is 6.04. The van der Waals surface area contributed by atoms with Crippen LogP contribution in [0.2, 0.25) is 0 Å². The maximum absolute atomic E-state index is 11.6. The van der Waals surface area contributed by atoms with Gasteiger partial charge in [-0.3, -0.25) is 4.79 Å². The highest BCUT2D eigenvalue weighted by Gasteiger charge is 2.13. The smallest absolute Gasteiger partial charge is 0.152 e. The minimum atomic E-state index is 0.451. The summed E-state index contributed by atoms with van der Waals surface area (Å²) < 4.78 is 0. The Kier molecular flexibility index (Phi) is 3.38. The van der Waals surface area contributed by atoms with Gasteiger partial charge in [0.15, 0.2) is 6.29 Å². The first-order valence-corrected chi connectivity index (χ1v) is 7.28. The van der Waals surface area contributed by atoms with Crippen molar-refractivity contribution in [3.8, 4) is 11.3 Å². The van der Waals surface area contributed by atoms with Crippen molar-refractivity contribution >= 4 is 17.2 Å². The number of nitrogens with one attached hydrogen (secondary N) is 1. The number of benzene rings is 2. The number of carbonyl (C=O) groups is 1. The lowest BCUT2D eigenvalue weighted by atomic mass is 9.99. The Hall–Kier alpha value is -2.35. The molecule has 0 fully saturated rings. The number of aromatic nitrogens is 1. The lowest BCUT2D eigenvalue weighted by molar-refractivity contribution is 0.112. The Morgan fingerprint density at radius 2 is 1.76 bits per heavy atom. The number of H-pyrrole nitrogens is 1. The Morgan fingerprint density at radius 1 is 1.05 bits per heavy atom. The fraction of sp³-hybridized carbons (Fsp3) is 0.211. The monoisotopic (exact) mass is 277 g/mol. The molecule has 106 valence electrons. The van der Waals surface area contributed by atoms with Gasteiger partial charge in [0, 0.05) is 16.5 Å². The van der Waals surface area contributed by atoms with E-state index in [0.29, 0.717) is 5.92 Å². The second kappa shape index (κ2) is 5.21. The van der Waals surface area contributed by atoms with Crippen LogP contribution in [0.5, 0.6) is 0 Å². The van der Waals surface area contributed by atoms with Gasteiger partial charge in [-0.15, -0.1) is 0 Å². The summed E-state index contributed by atoms with van der Waals surface area (Å²) in [7, 11) is 0. The fourth-order valence-electron chi connectivity index (χ4n) is 2.66. The van der Waals surface area contributed by atoms with Crippen molar-refractivity contribution in [2.24, 2.45) is 0 Å². The molecule has 0 aliphatic carbocycles. The summed E-state index contributed by atoms with van der Waals surface area (Å²) >= 11 is 0. The average Bonchev–Trinajstić information content (AvgIpc) is 2.85. The molecule has 0 bridgehead atoms. The van der Waals surface area contributed by atoms with E-state index < -0.39 is 0 Å². The van der Waals surface area contributed by atoms with E-state index in [4.69, 9.17) is 0 Å². The van der Waals surface area contributed by atoms with Crippen molar-refractivity contribution in [3.05, 3.63) is 59.2 Å². The topological polar surface area (TPSA) is 32.9 Å². The van der Waals surface area contributed by atoms with Gasteiger partial charge in [0.05, 0.1) is 5.69 Å². The van der Waals surface area contributed by atoms with Crippen LogP contribution in [0.15, 0.2) is 42.5 Å². The number of rotatable bonds is 3. The second-order valence-corrected chi connectivity index (χ2v) is 5.86. The number of aromatic amines is 1. The van der Waals surface area contributed by atoms with Crippen LogP contribution in [0.4, 0.5) is 0 Å². The molecular formula is C19H19NO. The van der Waals surface area contributed by atoms with E-state index in [1.807, 2.05) is 0 Å². The first kappa shape index (κ1) is 13.6. The maximum Gasteiger partial charge on any atom is 0.152 e. The third-order valence-corrected chi connectivity index (χ3v) is 3.99. The lowest BCUT2D eigenvalue weighted by Crippen LogP contribution is -1.87. The van der Waals surface area contributed by atoms with Crippen LogP contribution >= 0.6 is 0 Å². The highest BCUT2D eigenvalue weighted by Crippen LogP contribution is 2.31. The van der Waals surface area contributed by atoms with E-state index in [1.165, 1.54) is 11.1 Å². The zero-order chi connectivity index (χ0) is 15.0. The molecule has 2 heteroatoms. The molecule has 21 heavy (non-hydrogen) atoms. The average molecular weight is 277 g/mol. The van der Waals surface area contributed by atoms with E-state index in [9.17, 15) is 4.79 Å². The third kappa shape index (κ3) is 2.38.